The van der Waals surface area contributed by atoms with Crippen LogP contribution in [0.25, 0.3) is 11.3 Å². The second-order valence-corrected chi connectivity index (χ2v) is 7.16. The Morgan fingerprint density at radius 2 is 1.85 bits per heavy atom. The Labute approximate surface area is 160 Å². The Hall–Kier alpha value is -2.24. The zero-order chi connectivity index (χ0) is 18.7. The average molecular weight is 389 g/mol. The molecule has 1 amide bonds. The lowest BCUT2D eigenvalue weighted by atomic mass is 10.1. The van der Waals surface area contributed by atoms with E-state index in [-0.39, 0.29) is 5.56 Å². The molecule has 0 aliphatic carbocycles. The van der Waals surface area contributed by atoms with Crippen LogP contribution < -0.4 is 4.80 Å². The normalized spacial score (nSPS) is 11.8. The van der Waals surface area contributed by atoms with Gasteiger partial charge in [0.1, 0.15) is 5.82 Å². The summed E-state index contributed by atoms with van der Waals surface area (Å²) in [5, 5.41) is 0.671. The van der Waals surface area contributed by atoms with Crippen LogP contribution in [0.3, 0.4) is 0 Å². The van der Waals surface area contributed by atoms with Gasteiger partial charge in [0.25, 0.3) is 5.91 Å². The molecule has 26 heavy (non-hydrogen) atoms. The van der Waals surface area contributed by atoms with Crippen LogP contribution in [0.15, 0.2) is 53.5 Å². The van der Waals surface area contributed by atoms with Gasteiger partial charge >= 0.3 is 0 Å². The first-order valence-corrected chi connectivity index (χ1v) is 9.56. The van der Waals surface area contributed by atoms with E-state index < -0.39 is 11.7 Å². The fourth-order valence-electron chi connectivity index (χ4n) is 2.78. The summed E-state index contributed by atoms with van der Waals surface area (Å²) in [6.45, 7) is 4.71. The van der Waals surface area contributed by atoms with Gasteiger partial charge in [0, 0.05) is 16.4 Å². The third-order valence-electron chi connectivity index (χ3n) is 4.04. The first-order chi connectivity index (χ1) is 12.5. The van der Waals surface area contributed by atoms with Crippen molar-refractivity contribution in [1.29, 1.82) is 0 Å². The van der Waals surface area contributed by atoms with Crippen LogP contribution in [0.1, 0.15) is 29.1 Å². The van der Waals surface area contributed by atoms with E-state index in [1.807, 2.05) is 35.8 Å². The number of hydrogen-bond donors (Lipinski definition) is 0. The lowest BCUT2D eigenvalue weighted by Crippen LogP contribution is -2.17. The molecule has 2 aromatic carbocycles. The maximum atomic E-state index is 13.9. The van der Waals surface area contributed by atoms with Crippen LogP contribution in [0, 0.1) is 5.82 Å². The third kappa shape index (κ3) is 3.64. The fourth-order valence-corrected chi connectivity index (χ4v) is 4.06. The molecule has 1 heterocycles. The quantitative estimate of drug-likeness (QED) is 0.594. The maximum absolute atomic E-state index is 13.9. The summed E-state index contributed by atoms with van der Waals surface area (Å²) in [5.74, 6) is -1.13. The van der Waals surface area contributed by atoms with Gasteiger partial charge in [-0.2, -0.15) is 4.99 Å². The number of hydrogen-bond acceptors (Lipinski definition) is 2. The molecule has 0 fully saturated rings. The number of halogens is 2. The van der Waals surface area contributed by atoms with E-state index >= 15 is 0 Å². The molecule has 0 bridgehead atoms. The van der Waals surface area contributed by atoms with Gasteiger partial charge in [-0.05, 0) is 43.2 Å². The number of aryl methyl sites for hydroxylation is 1. The largest absolute Gasteiger partial charge is 0.316 e. The van der Waals surface area contributed by atoms with Crippen molar-refractivity contribution in [3.05, 3.63) is 74.6 Å². The molecule has 134 valence electrons. The van der Waals surface area contributed by atoms with Gasteiger partial charge in [-0.25, -0.2) is 4.39 Å². The van der Waals surface area contributed by atoms with Gasteiger partial charge in [0.2, 0.25) is 0 Å². The van der Waals surface area contributed by atoms with E-state index in [1.165, 1.54) is 23.5 Å². The molecule has 0 atom stereocenters. The summed E-state index contributed by atoms with van der Waals surface area (Å²) < 4.78 is 15.9. The number of aromatic nitrogens is 1. The lowest BCUT2D eigenvalue weighted by Gasteiger charge is -2.08. The summed E-state index contributed by atoms with van der Waals surface area (Å²) in [5.41, 5.74) is 2.02. The van der Waals surface area contributed by atoms with Gasteiger partial charge in [-0.1, -0.05) is 42.8 Å². The Morgan fingerprint density at radius 3 is 2.46 bits per heavy atom. The molecule has 6 heteroatoms. The number of benzene rings is 2. The molecule has 3 aromatic rings. The van der Waals surface area contributed by atoms with Crippen LogP contribution in [0.5, 0.6) is 0 Å². The van der Waals surface area contributed by atoms with Gasteiger partial charge in [-0.3, -0.25) is 4.79 Å². The molecule has 0 aliphatic rings. The molecular weight excluding hydrogens is 371 g/mol. The molecule has 3 nitrogen and oxygen atoms in total. The van der Waals surface area contributed by atoms with Crippen molar-refractivity contribution in [3.8, 4) is 11.3 Å². The standard InChI is InChI=1S/C20H18ClFN2OS/c1-3-17-18(13-9-11-14(21)12-10-13)24(4-2)20(26-17)23-19(25)15-7-5-6-8-16(15)22/h5-12H,3-4H2,1-2H3. The summed E-state index contributed by atoms with van der Waals surface area (Å²) in [4.78, 5) is 18.4. The maximum Gasteiger partial charge on any atom is 0.282 e. The van der Waals surface area contributed by atoms with Crippen molar-refractivity contribution in [2.24, 2.45) is 4.99 Å². The van der Waals surface area contributed by atoms with Crippen LogP contribution >= 0.6 is 22.9 Å². The van der Waals surface area contributed by atoms with Gasteiger partial charge in [0.05, 0.1) is 11.3 Å². The minimum atomic E-state index is -0.572. The smallest absolute Gasteiger partial charge is 0.282 e. The highest BCUT2D eigenvalue weighted by Crippen LogP contribution is 2.27. The summed E-state index contributed by atoms with van der Waals surface area (Å²) in [6.07, 6.45) is 0.812. The number of carbonyl (C=O) groups is 1. The average Bonchev–Trinajstić information content (AvgIpc) is 3.00. The summed E-state index contributed by atoms with van der Waals surface area (Å²) in [6, 6.07) is 13.5. The molecule has 3 rings (SSSR count). The van der Waals surface area contributed by atoms with Gasteiger partial charge in [0.15, 0.2) is 4.80 Å². The van der Waals surface area contributed by atoms with Crippen LogP contribution in [0.4, 0.5) is 4.39 Å². The van der Waals surface area contributed by atoms with Gasteiger partial charge < -0.3 is 4.57 Å². The number of carbonyl (C=O) groups excluding carboxylic acids is 1. The predicted molar refractivity (Wildman–Crippen MR) is 104 cm³/mol. The van der Waals surface area contributed by atoms with E-state index in [4.69, 9.17) is 11.6 Å². The number of amides is 1. The molecule has 0 saturated heterocycles. The molecule has 0 saturated carbocycles. The summed E-state index contributed by atoms with van der Waals surface area (Å²) >= 11 is 7.46. The highest BCUT2D eigenvalue weighted by molar-refractivity contribution is 7.09. The van der Waals surface area contributed by atoms with Crippen molar-refractivity contribution in [2.45, 2.75) is 26.8 Å². The van der Waals surface area contributed by atoms with Crippen molar-refractivity contribution in [1.82, 2.24) is 4.57 Å². The van der Waals surface area contributed by atoms with E-state index in [0.29, 0.717) is 16.4 Å². The third-order valence-corrected chi connectivity index (χ3v) is 5.51. The second kappa shape index (κ2) is 7.98. The Kier molecular flexibility index (Phi) is 5.69. The monoisotopic (exact) mass is 388 g/mol. The van der Waals surface area contributed by atoms with E-state index in [0.717, 1.165) is 22.6 Å². The van der Waals surface area contributed by atoms with Crippen molar-refractivity contribution < 1.29 is 9.18 Å². The molecule has 1 aromatic heterocycles. The number of rotatable bonds is 4. The summed E-state index contributed by atoms with van der Waals surface area (Å²) in [7, 11) is 0. The topological polar surface area (TPSA) is 34.4 Å². The van der Waals surface area contributed by atoms with Crippen LogP contribution in [0.2, 0.25) is 5.02 Å². The molecule has 0 N–H and O–H groups in total. The molecule has 0 unspecified atom stereocenters. The van der Waals surface area contributed by atoms with E-state index in [2.05, 4.69) is 11.9 Å². The zero-order valence-electron chi connectivity index (χ0n) is 14.5. The lowest BCUT2D eigenvalue weighted by molar-refractivity contribution is 0.0994. The van der Waals surface area contributed by atoms with E-state index in [9.17, 15) is 9.18 Å². The number of thiazole rings is 1. The highest BCUT2D eigenvalue weighted by atomic mass is 35.5. The van der Waals surface area contributed by atoms with Crippen molar-refractivity contribution >= 4 is 28.8 Å². The minimum absolute atomic E-state index is 0.0188. The van der Waals surface area contributed by atoms with Crippen molar-refractivity contribution in [3.63, 3.8) is 0 Å². The van der Waals surface area contributed by atoms with Gasteiger partial charge in [-0.15, -0.1) is 11.3 Å². The molecular formula is C20H18ClFN2OS. The predicted octanol–water partition coefficient (Wildman–Crippen LogP) is 5.33. The van der Waals surface area contributed by atoms with E-state index in [1.54, 1.807) is 12.1 Å². The first-order valence-electron chi connectivity index (χ1n) is 8.37. The SMILES string of the molecule is CCc1sc(=NC(=O)c2ccccc2F)n(CC)c1-c1ccc(Cl)cc1. The molecule has 0 aliphatic heterocycles. The highest BCUT2D eigenvalue weighted by Gasteiger charge is 2.16. The zero-order valence-corrected chi connectivity index (χ0v) is 16.1. The molecule has 0 radical (unpaired) electrons. The Morgan fingerprint density at radius 1 is 1.15 bits per heavy atom. The van der Waals surface area contributed by atoms with Crippen LogP contribution in [-0.4, -0.2) is 10.5 Å². The fraction of sp³-hybridized carbons (Fsp3) is 0.200. The Balaban J connectivity index is 2.15. The first kappa shape index (κ1) is 18.5. The second-order valence-electron chi connectivity index (χ2n) is 5.66. The van der Waals surface area contributed by atoms with Crippen molar-refractivity contribution in [2.75, 3.05) is 0 Å². The molecule has 0 spiro atoms. The number of nitrogens with zero attached hydrogens (tertiary/aromatic N) is 2. The minimum Gasteiger partial charge on any atom is -0.316 e. The van der Waals surface area contributed by atoms with Crippen LogP contribution in [-0.2, 0) is 13.0 Å². The Bertz CT molecular complexity index is 1010.